The highest BCUT2D eigenvalue weighted by Crippen LogP contribution is 2.16. The van der Waals surface area contributed by atoms with Gasteiger partial charge in [-0.05, 0) is 18.6 Å². The van der Waals surface area contributed by atoms with E-state index in [1.54, 1.807) is 22.9 Å². The van der Waals surface area contributed by atoms with Crippen LogP contribution in [0.5, 0.6) is 0 Å². The molecule has 2 rings (SSSR count). The van der Waals surface area contributed by atoms with Crippen molar-refractivity contribution in [3.05, 3.63) is 23.8 Å². The van der Waals surface area contributed by atoms with Gasteiger partial charge in [0.2, 0.25) is 0 Å². The van der Waals surface area contributed by atoms with E-state index in [0.29, 0.717) is 17.6 Å². The maximum Gasteiger partial charge on any atom is 0.337 e. The van der Waals surface area contributed by atoms with Crippen molar-refractivity contribution in [2.75, 3.05) is 0 Å². The number of hydrogen-bond acceptors (Lipinski definition) is 3. The summed E-state index contributed by atoms with van der Waals surface area (Å²) in [5.41, 5.74) is 1.49. The topological polar surface area (TPSA) is 68.0 Å². The van der Waals surface area contributed by atoms with Crippen molar-refractivity contribution in [3.8, 4) is 0 Å². The number of benzene rings is 1. The van der Waals surface area contributed by atoms with Gasteiger partial charge in [0, 0.05) is 6.54 Å². The lowest BCUT2D eigenvalue weighted by Gasteiger charge is -2.01. The van der Waals surface area contributed by atoms with E-state index in [1.807, 2.05) is 6.92 Å². The van der Waals surface area contributed by atoms with Gasteiger partial charge >= 0.3 is 5.97 Å². The molecule has 1 aromatic carbocycles. The summed E-state index contributed by atoms with van der Waals surface area (Å²) >= 11 is 0. The van der Waals surface area contributed by atoms with E-state index in [0.717, 1.165) is 6.42 Å². The molecule has 0 aliphatic carbocycles. The molecule has 0 radical (unpaired) electrons. The van der Waals surface area contributed by atoms with Gasteiger partial charge in [-0.2, -0.15) is 0 Å². The summed E-state index contributed by atoms with van der Waals surface area (Å²) in [6.07, 6.45) is 0.895. The van der Waals surface area contributed by atoms with E-state index in [9.17, 15) is 4.79 Å². The minimum absolute atomic E-state index is 0.256. The number of rotatable bonds is 3. The Morgan fingerprint density at radius 2 is 2.33 bits per heavy atom. The van der Waals surface area contributed by atoms with Crippen LogP contribution in [-0.2, 0) is 6.54 Å². The van der Waals surface area contributed by atoms with Crippen molar-refractivity contribution in [1.82, 2.24) is 15.0 Å². The van der Waals surface area contributed by atoms with Gasteiger partial charge in [0.05, 0.1) is 5.56 Å². The van der Waals surface area contributed by atoms with Crippen LogP contribution in [0.1, 0.15) is 23.7 Å². The van der Waals surface area contributed by atoms with Gasteiger partial charge in [0.25, 0.3) is 0 Å². The van der Waals surface area contributed by atoms with Crippen LogP contribution in [-0.4, -0.2) is 26.1 Å². The van der Waals surface area contributed by atoms with Gasteiger partial charge in [-0.25, -0.2) is 9.48 Å². The first-order valence-corrected chi connectivity index (χ1v) is 4.79. The second-order valence-electron chi connectivity index (χ2n) is 3.29. The van der Waals surface area contributed by atoms with Gasteiger partial charge in [-0.1, -0.05) is 18.2 Å². The summed E-state index contributed by atoms with van der Waals surface area (Å²) in [6.45, 7) is 2.69. The highest BCUT2D eigenvalue weighted by atomic mass is 16.4. The van der Waals surface area contributed by atoms with Gasteiger partial charge in [0.1, 0.15) is 11.0 Å². The van der Waals surface area contributed by atoms with Crippen LogP contribution in [0.25, 0.3) is 11.0 Å². The molecule has 0 saturated carbocycles. The lowest BCUT2D eigenvalue weighted by atomic mass is 10.2. The van der Waals surface area contributed by atoms with Crippen molar-refractivity contribution < 1.29 is 9.90 Å². The fourth-order valence-electron chi connectivity index (χ4n) is 1.57. The Morgan fingerprint density at radius 1 is 1.53 bits per heavy atom. The number of hydrogen-bond donors (Lipinski definition) is 1. The molecule has 0 saturated heterocycles. The second-order valence-corrected chi connectivity index (χ2v) is 3.29. The predicted molar refractivity (Wildman–Crippen MR) is 54.8 cm³/mol. The molecular weight excluding hydrogens is 194 g/mol. The van der Waals surface area contributed by atoms with Crippen LogP contribution in [0, 0.1) is 0 Å². The normalized spacial score (nSPS) is 10.7. The summed E-state index contributed by atoms with van der Waals surface area (Å²) in [6, 6.07) is 5.01. The molecule has 15 heavy (non-hydrogen) atoms. The van der Waals surface area contributed by atoms with E-state index >= 15 is 0 Å². The van der Waals surface area contributed by atoms with Gasteiger partial charge in [-0.15, -0.1) is 5.10 Å². The average Bonchev–Trinajstić information content (AvgIpc) is 2.62. The maximum atomic E-state index is 11.0. The van der Waals surface area contributed by atoms with Crippen molar-refractivity contribution in [1.29, 1.82) is 0 Å². The molecule has 0 aliphatic rings. The average molecular weight is 205 g/mol. The van der Waals surface area contributed by atoms with Crippen LogP contribution in [0.15, 0.2) is 18.2 Å². The predicted octanol–water partition coefficient (Wildman–Crippen LogP) is 1.54. The Hall–Kier alpha value is -1.91. The third-order valence-electron chi connectivity index (χ3n) is 2.20. The maximum absolute atomic E-state index is 11.0. The number of carbonyl (C=O) groups is 1. The first-order chi connectivity index (χ1) is 7.24. The van der Waals surface area contributed by atoms with Crippen LogP contribution in [0.2, 0.25) is 0 Å². The summed E-state index contributed by atoms with van der Waals surface area (Å²) in [5, 5.41) is 16.9. The summed E-state index contributed by atoms with van der Waals surface area (Å²) in [5.74, 6) is -0.944. The fourth-order valence-corrected chi connectivity index (χ4v) is 1.57. The minimum atomic E-state index is -0.944. The lowest BCUT2D eigenvalue weighted by molar-refractivity contribution is 0.0698. The number of fused-ring (bicyclic) bond motifs is 1. The highest BCUT2D eigenvalue weighted by Gasteiger charge is 2.13. The molecule has 1 N–H and O–H groups in total. The Labute approximate surface area is 86.3 Å². The lowest BCUT2D eigenvalue weighted by Crippen LogP contribution is -2.04. The Kier molecular flexibility index (Phi) is 2.37. The first-order valence-electron chi connectivity index (χ1n) is 4.79. The van der Waals surface area contributed by atoms with Crippen LogP contribution in [0.3, 0.4) is 0 Å². The molecular formula is C10H11N3O2. The first kappa shape index (κ1) is 9.64. The smallest absolute Gasteiger partial charge is 0.337 e. The molecule has 78 valence electrons. The second kappa shape index (κ2) is 3.68. The zero-order chi connectivity index (χ0) is 10.8. The summed E-state index contributed by atoms with van der Waals surface area (Å²) in [4.78, 5) is 11.0. The van der Waals surface area contributed by atoms with Gasteiger partial charge in [0.15, 0.2) is 0 Å². The molecule has 0 aliphatic heterocycles. The number of para-hydroxylation sites is 1. The molecule has 0 unspecified atom stereocenters. The Balaban J connectivity index is 2.69. The zero-order valence-corrected chi connectivity index (χ0v) is 8.34. The molecule has 0 amide bonds. The Morgan fingerprint density at radius 3 is 3.00 bits per heavy atom. The molecule has 1 aromatic heterocycles. The number of aromatic carboxylic acids is 1. The quantitative estimate of drug-likeness (QED) is 0.825. The molecule has 0 spiro atoms. The molecule has 5 nitrogen and oxygen atoms in total. The molecule has 0 bridgehead atoms. The fraction of sp³-hybridized carbons (Fsp3) is 0.300. The number of carboxylic acids is 1. The van der Waals surface area contributed by atoms with E-state index in [-0.39, 0.29) is 5.56 Å². The van der Waals surface area contributed by atoms with Crippen LogP contribution in [0.4, 0.5) is 0 Å². The Bertz CT molecular complexity index is 504. The number of nitrogens with zero attached hydrogens (tertiary/aromatic N) is 3. The van der Waals surface area contributed by atoms with E-state index in [1.165, 1.54) is 0 Å². The molecule has 0 fully saturated rings. The largest absolute Gasteiger partial charge is 0.478 e. The number of aryl methyl sites for hydroxylation is 1. The summed E-state index contributed by atoms with van der Waals surface area (Å²) in [7, 11) is 0. The zero-order valence-electron chi connectivity index (χ0n) is 8.34. The van der Waals surface area contributed by atoms with Crippen LogP contribution < -0.4 is 0 Å². The van der Waals surface area contributed by atoms with E-state index in [4.69, 9.17) is 5.11 Å². The number of aromatic nitrogens is 3. The third kappa shape index (κ3) is 1.56. The SMILES string of the molecule is CCCn1nnc2cccc(C(=O)O)c21. The number of carboxylic acid groups (broad SMARTS) is 1. The van der Waals surface area contributed by atoms with Crippen molar-refractivity contribution in [2.24, 2.45) is 0 Å². The van der Waals surface area contributed by atoms with Crippen molar-refractivity contribution in [2.45, 2.75) is 19.9 Å². The molecule has 2 aromatic rings. The van der Waals surface area contributed by atoms with E-state index < -0.39 is 5.97 Å². The minimum Gasteiger partial charge on any atom is -0.478 e. The van der Waals surface area contributed by atoms with E-state index in [2.05, 4.69) is 10.3 Å². The van der Waals surface area contributed by atoms with Crippen molar-refractivity contribution in [3.63, 3.8) is 0 Å². The molecule has 5 heteroatoms. The van der Waals surface area contributed by atoms with Gasteiger partial charge in [-0.3, -0.25) is 0 Å². The van der Waals surface area contributed by atoms with Crippen molar-refractivity contribution >= 4 is 17.0 Å². The standard InChI is InChI=1S/C10H11N3O2/c1-2-6-13-9-7(10(14)15)4-3-5-8(9)11-12-13/h3-5H,2,6H2,1H3,(H,14,15). The third-order valence-corrected chi connectivity index (χ3v) is 2.20. The van der Waals surface area contributed by atoms with Gasteiger partial charge < -0.3 is 5.11 Å². The molecule has 1 heterocycles. The highest BCUT2D eigenvalue weighted by molar-refractivity contribution is 6.00. The monoisotopic (exact) mass is 205 g/mol. The van der Waals surface area contributed by atoms with Crippen LogP contribution >= 0.6 is 0 Å². The summed E-state index contributed by atoms with van der Waals surface area (Å²) < 4.78 is 1.64. The molecule has 0 atom stereocenters.